The molecule has 1 spiro atoms. The Balaban J connectivity index is 1.96. The Morgan fingerprint density at radius 2 is 2.07 bits per heavy atom. The number of aliphatic carboxylic acids is 1. The summed E-state index contributed by atoms with van der Waals surface area (Å²) in [7, 11) is 0. The van der Waals surface area contributed by atoms with E-state index in [1.54, 1.807) is 0 Å². The van der Waals surface area contributed by atoms with Crippen molar-refractivity contribution in [3.8, 4) is 0 Å². The van der Waals surface area contributed by atoms with Gasteiger partial charge in [-0.25, -0.2) is 0 Å². The van der Waals surface area contributed by atoms with Crippen LogP contribution in [0.25, 0.3) is 0 Å². The lowest BCUT2D eigenvalue weighted by Gasteiger charge is -2.35. The lowest BCUT2D eigenvalue weighted by Crippen LogP contribution is -2.30. The topological polar surface area (TPSA) is 49.3 Å². The first-order valence-electron chi connectivity index (χ1n) is 5.57. The number of rotatable bonds is 1. The van der Waals surface area contributed by atoms with Gasteiger partial charge in [-0.15, -0.1) is 0 Å². The molecule has 1 unspecified atom stereocenters. The number of nitrogens with one attached hydrogen (secondary N) is 1. The first-order chi connectivity index (χ1) is 6.61. The minimum Gasteiger partial charge on any atom is -0.480 e. The maximum Gasteiger partial charge on any atom is 0.320 e. The van der Waals surface area contributed by atoms with E-state index in [2.05, 4.69) is 12.2 Å². The van der Waals surface area contributed by atoms with Gasteiger partial charge in [0.25, 0.3) is 0 Å². The molecule has 1 aliphatic heterocycles. The molecule has 80 valence electrons. The molecule has 0 aromatic carbocycles. The van der Waals surface area contributed by atoms with E-state index in [1.807, 2.05) is 0 Å². The van der Waals surface area contributed by atoms with Crippen LogP contribution < -0.4 is 5.32 Å². The summed E-state index contributed by atoms with van der Waals surface area (Å²) in [4.78, 5) is 10.8. The van der Waals surface area contributed by atoms with Crippen LogP contribution >= 0.6 is 0 Å². The van der Waals surface area contributed by atoms with E-state index >= 15 is 0 Å². The van der Waals surface area contributed by atoms with E-state index in [0.717, 1.165) is 18.9 Å². The Hall–Kier alpha value is -0.570. The van der Waals surface area contributed by atoms with E-state index in [1.165, 1.54) is 25.7 Å². The van der Waals surface area contributed by atoms with Crippen molar-refractivity contribution in [3.63, 3.8) is 0 Å². The van der Waals surface area contributed by atoms with Gasteiger partial charge in [0.2, 0.25) is 0 Å². The van der Waals surface area contributed by atoms with Gasteiger partial charge in [-0.1, -0.05) is 19.8 Å². The fourth-order valence-corrected chi connectivity index (χ4v) is 2.85. The molecule has 1 saturated heterocycles. The van der Waals surface area contributed by atoms with Crippen molar-refractivity contribution in [2.75, 3.05) is 6.54 Å². The highest BCUT2D eigenvalue weighted by molar-refractivity contribution is 5.74. The van der Waals surface area contributed by atoms with Crippen LogP contribution in [0.1, 0.15) is 39.0 Å². The molecule has 0 aromatic rings. The third kappa shape index (κ3) is 1.78. The van der Waals surface area contributed by atoms with Crippen molar-refractivity contribution in [2.24, 2.45) is 11.3 Å². The third-order valence-electron chi connectivity index (χ3n) is 3.99. The molecule has 0 aromatic heterocycles. The maximum atomic E-state index is 10.8. The second-order valence-electron chi connectivity index (χ2n) is 5.16. The van der Waals surface area contributed by atoms with Crippen molar-refractivity contribution in [3.05, 3.63) is 0 Å². The van der Waals surface area contributed by atoms with Gasteiger partial charge in [0.15, 0.2) is 0 Å². The quantitative estimate of drug-likeness (QED) is 0.671. The zero-order chi connectivity index (χ0) is 10.2. The molecule has 3 nitrogen and oxygen atoms in total. The number of hydrogen-bond donors (Lipinski definition) is 2. The summed E-state index contributed by atoms with van der Waals surface area (Å²) in [6.45, 7) is 3.21. The Kier molecular flexibility index (Phi) is 2.52. The van der Waals surface area contributed by atoms with Crippen molar-refractivity contribution in [1.29, 1.82) is 0 Å². The minimum atomic E-state index is -0.680. The van der Waals surface area contributed by atoms with Gasteiger partial charge in [0.05, 0.1) is 0 Å². The zero-order valence-corrected chi connectivity index (χ0v) is 8.75. The van der Waals surface area contributed by atoms with Crippen molar-refractivity contribution >= 4 is 5.97 Å². The van der Waals surface area contributed by atoms with Gasteiger partial charge in [-0.3, -0.25) is 4.79 Å². The van der Waals surface area contributed by atoms with E-state index in [-0.39, 0.29) is 6.04 Å². The van der Waals surface area contributed by atoms with Crippen LogP contribution in [-0.4, -0.2) is 23.7 Å². The van der Waals surface area contributed by atoms with Gasteiger partial charge in [0.1, 0.15) is 6.04 Å². The Morgan fingerprint density at radius 1 is 1.43 bits per heavy atom. The van der Waals surface area contributed by atoms with E-state index in [9.17, 15) is 4.79 Å². The monoisotopic (exact) mass is 197 g/mol. The van der Waals surface area contributed by atoms with Crippen molar-refractivity contribution in [1.82, 2.24) is 5.32 Å². The molecule has 2 fully saturated rings. The van der Waals surface area contributed by atoms with Gasteiger partial charge in [0, 0.05) is 6.54 Å². The molecular formula is C11H19NO2. The third-order valence-corrected chi connectivity index (χ3v) is 3.99. The van der Waals surface area contributed by atoms with Crippen LogP contribution in [0.15, 0.2) is 0 Å². The van der Waals surface area contributed by atoms with E-state index < -0.39 is 5.97 Å². The molecule has 0 bridgehead atoms. The summed E-state index contributed by atoms with van der Waals surface area (Å²) < 4.78 is 0. The first-order valence-corrected chi connectivity index (χ1v) is 5.57. The lowest BCUT2D eigenvalue weighted by atomic mass is 9.70. The highest BCUT2D eigenvalue weighted by atomic mass is 16.4. The summed E-state index contributed by atoms with van der Waals surface area (Å²) in [5.74, 6) is 0.157. The van der Waals surface area contributed by atoms with Crippen molar-refractivity contribution < 1.29 is 9.90 Å². The Morgan fingerprint density at radius 3 is 2.57 bits per heavy atom. The predicted octanol–water partition coefficient (Wildman–Crippen LogP) is 1.63. The number of hydrogen-bond acceptors (Lipinski definition) is 2. The molecular weight excluding hydrogens is 178 g/mol. The highest BCUT2D eigenvalue weighted by Crippen LogP contribution is 2.44. The fraction of sp³-hybridized carbons (Fsp3) is 0.909. The molecule has 3 heteroatoms. The number of carbonyl (C=O) groups is 1. The Labute approximate surface area is 84.9 Å². The second-order valence-corrected chi connectivity index (χ2v) is 5.16. The largest absolute Gasteiger partial charge is 0.480 e. The molecule has 1 atom stereocenters. The molecule has 2 rings (SSSR count). The summed E-state index contributed by atoms with van der Waals surface area (Å²) in [5, 5.41) is 12.0. The van der Waals surface area contributed by atoms with Gasteiger partial charge < -0.3 is 10.4 Å². The molecule has 0 radical (unpaired) electrons. The SMILES string of the molecule is CC1CCC2(CC1)CNC(C(=O)O)C2. The molecule has 14 heavy (non-hydrogen) atoms. The van der Waals surface area contributed by atoms with Crippen LogP contribution in [-0.2, 0) is 4.79 Å². The average molecular weight is 197 g/mol. The van der Waals surface area contributed by atoms with Crippen LogP contribution in [0.2, 0.25) is 0 Å². The van der Waals surface area contributed by atoms with E-state index in [0.29, 0.717) is 5.41 Å². The van der Waals surface area contributed by atoms with Gasteiger partial charge in [-0.05, 0) is 30.6 Å². The van der Waals surface area contributed by atoms with Crippen LogP contribution in [0, 0.1) is 11.3 Å². The number of carboxylic acids is 1. The zero-order valence-electron chi connectivity index (χ0n) is 8.75. The first kappa shape index (κ1) is 9.97. The molecule has 0 amide bonds. The summed E-state index contributed by atoms with van der Waals surface area (Å²) in [5.41, 5.74) is 0.315. The number of carboxylic acid groups (broad SMARTS) is 1. The van der Waals surface area contributed by atoms with Crippen LogP contribution in [0.5, 0.6) is 0 Å². The smallest absolute Gasteiger partial charge is 0.320 e. The molecule has 2 N–H and O–H groups in total. The normalized spacial score (nSPS) is 42.9. The highest BCUT2D eigenvalue weighted by Gasteiger charge is 2.43. The minimum absolute atomic E-state index is 0.289. The van der Waals surface area contributed by atoms with Crippen LogP contribution in [0.4, 0.5) is 0 Å². The molecule has 1 heterocycles. The fourth-order valence-electron chi connectivity index (χ4n) is 2.85. The molecule has 2 aliphatic rings. The van der Waals surface area contributed by atoms with Crippen molar-refractivity contribution in [2.45, 2.75) is 45.1 Å². The lowest BCUT2D eigenvalue weighted by molar-refractivity contribution is -0.139. The van der Waals surface area contributed by atoms with Gasteiger partial charge >= 0.3 is 5.97 Å². The molecule has 1 aliphatic carbocycles. The standard InChI is InChI=1S/C11H19NO2/c1-8-2-4-11(5-3-8)6-9(10(13)14)12-7-11/h8-9,12H,2-7H2,1H3,(H,13,14). The average Bonchev–Trinajstić information content (AvgIpc) is 2.56. The van der Waals surface area contributed by atoms with E-state index in [4.69, 9.17) is 5.11 Å². The maximum absolute atomic E-state index is 10.8. The Bertz CT molecular complexity index is 231. The summed E-state index contributed by atoms with van der Waals surface area (Å²) >= 11 is 0. The van der Waals surface area contributed by atoms with Crippen LogP contribution in [0.3, 0.4) is 0 Å². The predicted molar refractivity (Wildman–Crippen MR) is 54.1 cm³/mol. The summed E-state index contributed by atoms with van der Waals surface area (Å²) in [6.07, 6.45) is 5.81. The second kappa shape index (κ2) is 3.54. The van der Waals surface area contributed by atoms with Gasteiger partial charge in [-0.2, -0.15) is 0 Å². The summed E-state index contributed by atoms with van der Waals surface area (Å²) in [6, 6.07) is -0.289. The molecule has 1 saturated carbocycles.